The molecule has 2 N–H and O–H groups in total. The molecular formula is C14H18BrFN2O. The summed E-state index contributed by atoms with van der Waals surface area (Å²) in [7, 11) is 1.48. The van der Waals surface area contributed by atoms with Gasteiger partial charge in [-0.2, -0.15) is 0 Å². The van der Waals surface area contributed by atoms with Crippen LogP contribution in [0.2, 0.25) is 0 Å². The lowest BCUT2D eigenvalue weighted by Gasteiger charge is -2.37. The van der Waals surface area contributed by atoms with E-state index >= 15 is 0 Å². The van der Waals surface area contributed by atoms with E-state index < -0.39 is 4.32 Å². The summed E-state index contributed by atoms with van der Waals surface area (Å²) in [6.07, 6.45) is 1.53. The minimum absolute atomic E-state index is 0.128. The highest BCUT2D eigenvalue weighted by atomic mass is 79.9. The first-order chi connectivity index (χ1) is 8.79. The third-order valence-corrected chi connectivity index (χ3v) is 4.21. The number of aryl methyl sites for hydroxylation is 1. The van der Waals surface area contributed by atoms with E-state index in [0.29, 0.717) is 5.82 Å². The molecule has 0 aromatic carbocycles. The van der Waals surface area contributed by atoms with Crippen LogP contribution in [0.1, 0.15) is 25.6 Å². The Kier molecular flexibility index (Phi) is 3.51. The number of ether oxygens (including phenoxy) is 1. The van der Waals surface area contributed by atoms with Gasteiger partial charge in [0.05, 0.1) is 17.5 Å². The molecule has 19 heavy (non-hydrogen) atoms. The maximum atomic E-state index is 14.0. The Balaban J connectivity index is 2.65. The van der Waals surface area contributed by atoms with Crippen LogP contribution in [0, 0.1) is 6.92 Å². The molecule has 1 heterocycles. The normalized spacial score (nSPS) is 27.5. The zero-order valence-corrected chi connectivity index (χ0v) is 13.1. The molecule has 0 fully saturated rings. The van der Waals surface area contributed by atoms with Gasteiger partial charge < -0.3 is 15.0 Å². The van der Waals surface area contributed by atoms with Crippen molar-refractivity contribution in [3.8, 4) is 0 Å². The SMILES string of the molecule is COC1=C(C)C(n2c(C)ccc2N)C(C)(Br)C=C1F. The first-order valence-corrected chi connectivity index (χ1v) is 6.84. The molecule has 1 aromatic heterocycles. The van der Waals surface area contributed by atoms with Crippen molar-refractivity contribution in [3.05, 3.63) is 41.1 Å². The molecule has 1 aromatic rings. The summed E-state index contributed by atoms with van der Waals surface area (Å²) in [6.45, 7) is 5.77. The summed E-state index contributed by atoms with van der Waals surface area (Å²) in [6, 6.07) is 3.68. The Bertz CT molecular complexity index is 553. The monoisotopic (exact) mass is 328 g/mol. The van der Waals surface area contributed by atoms with Crippen molar-refractivity contribution in [3.63, 3.8) is 0 Å². The summed E-state index contributed by atoms with van der Waals surface area (Å²) in [5.41, 5.74) is 7.88. The molecule has 0 amide bonds. The number of aromatic nitrogens is 1. The summed E-state index contributed by atoms with van der Waals surface area (Å²) in [5, 5.41) is 0. The van der Waals surface area contributed by atoms with Gasteiger partial charge in [-0.25, -0.2) is 4.39 Å². The van der Waals surface area contributed by atoms with Crippen LogP contribution in [0.15, 0.2) is 35.4 Å². The topological polar surface area (TPSA) is 40.2 Å². The number of hydrogen-bond acceptors (Lipinski definition) is 2. The van der Waals surface area contributed by atoms with Crippen LogP contribution >= 0.6 is 15.9 Å². The molecule has 2 unspecified atom stereocenters. The summed E-state index contributed by atoms with van der Waals surface area (Å²) < 4.78 is 20.6. The number of rotatable bonds is 2. The number of alkyl halides is 1. The average molecular weight is 329 g/mol. The van der Waals surface area contributed by atoms with Crippen molar-refractivity contribution in [1.29, 1.82) is 0 Å². The fourth-order valence-corrected chi connectivity index (χ4v) is 3.50. The zero-order valence-electron chi connectivity index (χ0n) is 11.5. The maximum Gasteiger partial charge on any atom is 0.162 e. The second kappa shape index (κ2) is 4.71. The first kappa shape index (κ1) is 14.2. The molecule has 3 nitrogen and oxygen atoms in total. The number of hydrogen-bond donors (Lipinski definition) is 1. The number of nitrogens with zero attached hydrogens (tertiary/aromatic N) is 1. The molecule has 0 saturated carbocycles. The standard InChI is InChI=1S/C14H18BrFN2O/c1-8-5-6-11(17)18(8)13-9(2)12(19-4)10(16)7-14(13,3)15/h5-7,13H,17H2,1-4H3. The van der Waals surface area contributed by atoms with E-state index in [1.807, 2.05) is 37.5 Å². The quantitative estimate of drug-likeness (QED) is 0.837. The van der Waals surface area contributed by atoms with Gasteiger partial charge in [0.15, 0.2) is 11.6 Å². The van der Waals surface area contributed by atoms with Crippen molar-refractivity contribution in [2.24, 2.45) is 0 Å². The van der Waals surface area contributed by atoms with Crippen LogP contribution in [0.5, 0.6) is 0 Å². The Hall–Kier alpha value is -1.23. The van der Waals surface area contributed by atoms with Crippen molar-refractivity contribution in [1.82, 2.24) is 4.57 Å². The van der Waals surface area contributed by atoms with Gasteiger partial charge in [0.25, 0.3) is 0 Å². The highest BCUT2D eigenvalue weighted by Gasteiger charge is 2.40. The lowest BCUT2D eigenvalue weighted by atomic mass is 9.88. The summed E-state index contributed by atoms with van der Waals surface area (Å²) in [4.78, 5) is 0. The summed E-state index contributed by atoms with van der Waals surface area (Å²) in [5.74, 6) is 0.590. The molecule has 0 saturated heterocycles. The van der Waals surface area contributed by atoms with Gasteiger partial charge in [0, 0.05) is 5.69 Å². The Labute approximate surface area is 121 Å². The van der Waals surface area contributed by atoms with E-state index in [1.54, 1.807) is 0 Å². The molecule has 1 aliphatic rings. The fraction of sp³-hybridized carbons (Fsp3) is 0.429. The van der Waals surface area contributed by atoms with Crippen LogP contribution < -0.4 is 5.73 Å². The predicted octanol–water partition coefficient (Wildman–Crippen LogP) is 3.86. The highest BCUT2D eigenvalue weighted by molar-refractivity contribution is 9.10. The first-order valence-electron chi connectivity index (χ1n) is 6.05. The molecule has 0 radical (unpaired) electrons. The van der Waals surface area contributed by atoms with E-state index in [1.165, 1.54) is 13.2 Å². The molecule has 104 valence electrons. The van der Waals surface area contributed by atoms with Crippen molar-refractivity contribution >= 4 is 21.7 Å². The van der Waals surface area contributed by atoms with Gasteiger partial charge in [-0.15, -0.1) is 0 Å². The summed E-state index contributed by atoms with van der Waals surface area (Å²) >= 11 is 3.60. The van der Waals surface area contributed by atoms with Crippen molar-refractivity contribution in [2.45, 2.75) is 31.1 Å². The van der Waals surface area contributed by atoms with Crippen LogP contribution in [0.4, 0.5) is 10.2 Å². The molecule has 0 bridgehead atoms. The van der Waals surface area contributed by atoms with Crippen LogP contribution in [0.25, 0.3) is 0 Å². The molecular weight excluding hydrogens is 311 g/mol. The van der Waals surface area contributed by atoms with E-state index in [0.717, 1.165) is 11.3 Å². The molecule has 5 heteroatoms. The molecule has 0 aliphatic heterocycles. The third-order valence-electron chi connectivity index (χ3n) is 3.54. The lowest BCUT2D eigenvalue weighted by Crippen LogP contribution is -2.34. The smallest absolute Gasteiger partial charge is 0.162 e. The molecule has 1 aliphatic carbocycles. The minimum Gasteiger partial charge on any atom is -0.494 e. The number of halogens is 2. The van der Waals surface area contributed by atoms with E-state index in [9.17, 15) is 4.39 Å². The largest absolute Gasteiger partial charge is 0.494 e. The van der Waals surface area contributed by atoms with Gasteiger partial charge in [-0.3, -0.25) is 0 Å². The van der Waals surface area contributed by atoms with Gasteiger partial charge in [0.2, 0.25) is 0 Å². The Morgan fingerprint density at radius 1 is 1.42 bits per heavy atom. The van der Waals surface area contributed by atoms with Gasteiger partial charge in [0.1, 0.15) is 5.82 Å². The van der Waals surface area contributed by atoms with Crippen LogP contribution in [0.3, 0.4) is 0 Å². The van der Waals surface area contributed by atoms with Gasteiger partial charge >= 0.3 is 0 Å². The predicted molar refractivity (Wildman–Crippen MR) is 78.9 cm³/mol. The number of anilines is 1. The zero-order chi connectivity index (χ0) is 14.4. The maximum absolute atomic E-state index is 14.0. The second-order valence-corrected chi connectivity index (χ2v) is 6.74. The van der Waals surface area contributed by atoms with Gasteiger partial charge in [-0.1, -0.05) is 15.9 Å². The number of allylic oxidation sites excluding steroid dienone is 3. The van der Waals surface area contributed by atoms with Gasteiger partial charge in [-0.05, 0) is 44.6 Å². The molecule has 0 spiro atoms. The van der Waals surface area contributed by atoms with Crippen LogP contribution in [-0.4, -0.2) is 16.0 Å². The fourth-order valence-electron chi connectivity index (χ4n) is 2.76. The Morgan fingerprint density at radius 2 is 2.05 bits per heavy atom. The van der Waals surface area contributed by atoms with Crippen molar-refractivity contribution in [2.75, 3.05) is 12.8 Å². The molecule has 2 atom stereocenters. The molecule has 2 rings (SSSR count). The van der Waals surface area contributed by atoms with E-state index in [-0.39, 0.29) is 17.6 Å². The van der Waals surface area contributed by atoms with E-state index in [2.05, 4.69) is 15.9 Å². The average Bonchev–Trinajstić information content (AvgIpc) is 2.59. The second-order valence-electron chi connectivity index (χ2n) is 5.03. The highest BCUT2D eigenvalue weighted by Crippen LogP contribution is 2.46. The number of methoxy groups -OCH3 is 1. The number of nitrogens with two attached hydrogens (primary N) is 1. The number of nitrogen functional groups attached to an aromatic ring is 1. The Morgan fingerprint density at radius 3 is 2.53 bits per heavy atom. The third kappa shape index (κ3) is 2.20. The minimum atomic E-state index is -0.554. The lowest BCUT2D eigenvalue weighted by molar-refractivity contribution is 0.264. The van der Waals surface area contributed by atoms with Crippen LogP contribution in [-0.2, 0) is 4.74 Å². The van der Waals surface area contributed by atoms with E-state index in [4.69, 9.17) is 10.5 Å². The van der Waals surface area contributed by atoms with Crippen molar-refractivity contribution < 1.29 is 9.13 Å².